The van der Waals surface area contributed by atoms with E-state index in [4.69, 9.17) is 14.2 Å². The van der Waals surface area contributed by atoms with Gasteiger partial charge in [-0.1, -0.05) is 48.5 Å². The highest BCUT2D eigenvalue weighted by molar-refractivity contribution is 5.79. The number of benzene rings is 3. The van der Waals surface area contributed by atoms with Crippen LogP contribution in [0.1, 0.15) is 42.4 Å². The Bertz CT molecular complexity index is 1270. The fourth-order valence-electron chi connectivity index (χ4n) is 6.29. The van der Waals surface area contributed by atoms with E-state index in [2.05, 4.69) is 24.3 Å². The predicted octanol–water partition coefficient (Wildman–Crippen LogP) is 5.22. The molecule has 3 aliphatic rings. The van der Waals surface area contributed by atoms with Crippen molar-refractivity contribution in [2.45, 2.75) is 43.4 Å². The summed E-state index contributed by atoms with van der Waals surface area (Å²) in [6.07, 6.45) is -0.0913. The van der Waals surface area contributed by atoms with Crippen molar-refractivity contribution >= 4 is 6.09 Å². The molecule has 0 aromatic heterocycles. The SMILES string of the molecule is CCOc1ccc(C2(O)CC3COCC(C2)N3C(=O)OCC2c3ccccc3-c3ccccc32)c(F)c1. The van der Waals surface area contributed by atoms with E-state index >= 15 is 0 Å². The molecule has 2 saturated heterocycles. The Morgan fingerprint density at radius 3 is 2.24 bits per heavy atom. The lowest BCUT2D eigenvalue weighted by Crippen LogP contribution is -2.62. The lowest BCUT2D eigenvalue weighted by molar-refractivity contribution is -0.137. The Kier molecular flexibility index (Phi) is 6.13. The van der Waals surface area contributed by atoms with Crippen molar-refractivity contribution in [3.63, 3.8) is 0 Å². The zero-order chi connectivity index (χ0) is 25.6. The third-order valence-corrected chi connectivity index (χ3v) is 7.85. The standard InChI is InChI=1S/C30H30FNO5/c1-2-36-21-11-12-27(28(31)13-21)30(34)14-19-16-35-17-20(15-30)32(19)29(33)37-18-26-24-9-5-3-7-22(24)23-8-4-6-10-25(23)26/h3-13,19-20,26,34H,2,14-18H2,1H3. The van der Waals surface area contributed by atoms with Crippen LogP contribution in [0.3, 0.4) is 0 Å². The van der Waals surface area contributed by atoms with Gasteiger partial charge in [-0.15, -0.1) is 0 Å². The summed E-state index contributed by atoms with van der Waals surface area (Å²) in [7, 11) is 0. The number of rotatable bonds is 5. The summed E-state index contributed by atoms with van der Waals surface area (Å²) in [4.78, 5) is 15.1. The second kappa shape index (κ2) is 9.47. The minimum atomic E-state index is -1.41. The lowest BCUT2D eigenvalue weighted by atomic mass is 9.77. The summed E-state index contributed by atoms with van der Waals surface area (Å²) >= 11 is 0. The summed E-state index contributed by atoms with van der Waals surface area (Å²) < 4.78 is 32.0. The second-order valence-electron chi connectivity index (χ2n) is 10.1. The van der Waals surface area contributed by atoms with E-state index in [0.29, 0.717) is 12.4 Å². The molecule has 6 rings (SSSR count). The summed E-state index contributed by atoms with van der Waals surface area (Å²) in [5, 5.41) is 11.6. The number of aliphatic hydroxyl groups is 1. The van der Waals surface area contributed by atoms with Crippen LogP contribution in [0.2, 0.25) is 0 Å². The molecule has 2 fully saturated rings. The molecule has 2 aliphatic heterocycles. The van der Waals surface area contributed by atoms with Crippen molar-refractivity contribution < 1.29 is 28.5 Å². The number of carbonyl (C=O) groups is 1. The highest BCUT2D eigenvalue weighted by Crippen LogP contribution is 2.46. The highest BCUT2D eigenvalue weighted by Gasteiger charge is 2.50. The number of ether oxygens (including phenoxy) is 3. The van der Waals surface area contributed by atoms with Gasteiger partial charge >= 0.3 is 6.09 Å². The number of hydrogen-bond acceptors (Lipinski definition) is 5. The number of nitrogens with zero attached hydrogens (tertiary/aromatic N) is 1. The number of morpholine rings is 1. The molecular weight excluding hydrogens is 473 g/mol. The van der Waals surface area contributed by atoms with E-state index in [1.165, 1.54) is 17.2 Å². The van der Waals surface area contributed by atoms with Crippen LogP contribution in [0.15, 0.2) is 66.7 Å². The molecule has 2 unspecified atom stereocenters. The first kappa shape index (κ1) is 23.9. The average Bonchev–Trinajstić information content (AvgIpc) is 3.20. The largest absolute Gasteiger partial charge is 0.494 e. The van der Waals surface area contributed by atoms with Crippen LogP contribution in [-0.2, 0) is 15.1 Å². The molecule has 1 aliphatic carbocycles. The number of amides is 1. The van der Waals surface area contributed by atoms with Crippen LogP contribution >= 0.6 is 0 Å². The Morgan fingerprint density at radius 1 is 1.03 bits per heavy atom. The maximum atomic E-state index is 15.0. The molecule has 2 bridgehead atoms. The number of halogens is 1. The van der Waals surface area contributed by atoms with Crippen LogP contribution in [0.5, 0.6) is 5.75 Å². The van der Waals surface area contributed by atoms with Crippen molar-refractivity contribution in [2.24, 2.45) is 0 Å². The second-order valence-corrected chi connectivity index (χ2v) is 10.1. The Labute approximate surface area is 215 Å². The van der Waals surface area contributed by atoms with E-state index in [-0.39, 0.29) is 44.1 Å². The van der Waals surface area contributed by atoms with Gasteiger partial charge in [-0.25, -0.2) is 9.18 Å². The van der Waals surface area contributed by atoms with Crippen molar-refractivity contribution in [3.05, 3.63) is 89.2 Å². The molecular formula is C30H30FNO5. The van der Waals surface area contributed by atoms with Gasteiger partial charge in [-0.2, -0.15) is 0 Å². The van der Waals surface area contributed by atoms with Crippen LogP contribution in [0.25, 0.3) is 11.1 Å². The molecule has 192 valence electrons. The van der Waals surface area contributed by atoms with Crippen molar-refractivity contribution in [1.82, 2.24) is 4.90 Å². The van der Waals surface area contributed by atoms with Crippen LogP contribution in [0.4, 0.5) is 9.18 Å². The molecule has 37 heavy (non-hydrogen) atoms. The topological polar surface area (TPSA) is 68.2 Å². The Balaban J connectivity index is 1.19. The zero-order valence-electron chi connectivity index (χ0n) is 20.7. The van der Waals surface area contributed by atoms with Gasteiger partial charge in [0, 0.05) is 30.4 Å². The van der Waals surface area contributed by atoms with Crippen LogP contribution < -0.4 is 4.74 Å². The minimum Gasteiger partial charge on any atom is -0.494 e. The first-order valence-electron chi connectivity index (χ1n) is 12.8. The van der Waals surface area contributed by atoms with Crippen LogP contribution in [0, 0.1) is 5.82 Å². The third-order valence-electron chi connectivity index (χ3n) is 7.85. The molecule has 3 aromatic rings. The third kappa shape index (κ3) is 4.16. The fraction of sp³-hybridized carbons (Fsp3) is 0.367. The zero-order valence-corrected chi connectivity index (χ0v) is 20.7. The van der Waals surface area contributed by atoms with Crippen molar-refractivity contribution in [1.29, 1.82) is 0 Å². The lowest BCUT2D eigenvalue weighted by Gasteiger charge is -2.51. The van der Waals surface area contributed by atoms with Crippen molar-refractivity contribution in [3.8, 4) is 16.9 Å². The molecule has 2 atom stereocenters. The summed E-state index contributed by atoms with van der Waals surface area (Å²) in [6, 6.07) is 20.2. The molecule has 3 aromatic carbocycles. The number of piperidine rings is 1. The maximum Gasteiger partial charge on any atom is 0.410 e. The van der Waals surface area contributed by atoms with Gasteiger partial charge in [-0.3, -0.25) is 4.90 Å². The first-order valence-corrected chi connectivity index (χ1v) is 12.8. The summed E-state index contributed by atoms with van der Waals surface area (Å²) in [5.41, 5.74) is 3.46. The quantitative estimate of drug-likeness (QED) is 0.517. The first-order chi connectivity index (χ1) is 18.0. The predicted molar refractivity (Wildman–Crippen MR) is 136 cm³/mol. The van der Waals surface area contributed by atoms with E-state index in [0.717, 1.165) is 11.1 Å². The summed E-state index contributed by atoms with van der Waals surface area (Å²) in [5.74, 6) is -0.124. The van der Waals surface area contributed by atoms with Gasteiger partial charge in [0.15, 0.2) is 0 Å². The normalized spacial score (nSPS) is 24.4. The molecule has 0 radical (unpaired) electrons. The molecule has 2 heterocycles. The molecule has 1 N–H and O–H groups in total. The number of fused-ring (bicyclic) bond motifs is 5. The summed E-state index contributed by atoms with van der Waals surface area (Å²) in [6.45, 7) is 3.02. The number of carbonyl (C=O) groups excluding carboxylic acids is 1. The fourth-order valence-corrected chi connectivity index (χ4v) is 6.29. The molecule has 0 saturated carbocycles. The van der Waals surface area contributed by atoms with Gasteiger partial charge < -0.3 is 19.3 Å². The monoisotopic (exact) mass is 503 g/mol. The maximum absolute atomic E-state index is 15.0. The van der Waals surface area contributed by atoms with E-state index < -0.39 is 29.6 Å². The van der Waals surface area contributed by atoms with Crippen LogP contribution in [-0.4, -0.2) is 54.6 Å². The Morgan fingerprint density at radius 2 is 1.65 bits per heavy atom. The highest BCUT2D eigenvalue weighted by atomic mass is 19.1. The van der Waals surface area contributed by atoms with E-state index in [1.807, 2.05) is 31.2 Å². The van der Waals surface area contributed by atoms with Crippen molar-refractivity contribution in [2.75, 3.05) is 26.4 Å². The van der Waals surface area contributed by atoms with Gasteiger partial charge in [-0.05, 0) is 41.3 Å². The number of hydrogen-bond donors (Lipinski definition) is 1. The average molecular weight is 504 g/mol. The smallest absolute Gasteiger partial charge is 0.410 e. The van der Waals surface area contributed by atoms with Gasteiger partial charge in [0.2, 0.25) is 0 Å². The molecule has 1 amide bonds. The molecule has 0 spiro atoms. The Hall–Kier alpha value is -3.42. The minimum absolute atomic E-state index is 0.0351. The molecule has 6 nitrogen and oxygen atoms in total. The van der Waals surface area contributed by atoms with E-state index in [1.54, 1.807) is 17.0 Å². The van der Waals surface area contributed by atoms with E-state index in [9.17, 15) is 14.3 Å². The van der Waals surface area contributed by atoms with Gasteiger partial charge in [0.1, 0.15) is 18.2 Å². The molecule has 7 heteroatoms. The van der Waals surface area contributed by atoms with Gasteiger partial charge in [0.25, 0.3) is 0 Å². The van der Waals surface area contributed by atoms with Gasteiger partial charge in [0.05, 0.1) is 37.5 Å².